The molecule has 2 aliphatic rings. The predicted octanol–water partition coefficient (Wildman–Crippen LogP) is 3.10. The number of alkyl halides is 3. The summed E-state index contributed by atoms with van der Waals surface area (Å²) in [5, 5.41) is 0. The Morgan fingerprint density at radius 2 is 1.97 bits per heavy atom. The van der Waals surface area contributed by atoms with Gasteiger partial charge in [-0.1, -0.05) is 12.1 Å². The molecular formula is C20H18F3N3O4S2. The van der Waals surface area contributed by atoms with Crippen molar-refractivity contribution in [3.63, 3.8) is 0 Å². The molecule has 2 heterocycles. The molecule has 1 amide bonds. The Hall–Kier alpha value is -2.57. The van der Waals surface area contributed by atoms with Crippen LogP contribution in [-0.2, 0) is 27.7 Å². The molecule has 0 bridgehead atoms. The van der Waals surface area contributed by atoms with Gasteiger partial charge in [-0.2, -0.15) is 4.72 Å². The zero-order chi connectivity index (χ0) is 22.9. The number of hydrogen-bond acceptors (Lipinski definition) is 6. The number of thioether (sulfide) groups is 1. The number of carbonyl (C=O) groups excluding carboxylic acids is 1. The number of amides is 1. The van der Waals surface area contributed by atoms with Crippen molar-refractivity contribution >= 4 is 39.6 Å². The summed E-state index contributed by atoms with van der Waals surface area (Å²) in [6, 6.07) is 9.72. The minimum atomic E-state index is -4.78. The Labute approximate surface area is 186 Å². The van der Waals surface area contributed by atoms with Crippen LogP contribution in [0.15, 0.2) is 52.4 Å². The summed E-state index contributed by atoms with van der Waals surface area (Å²) < 4.78 is 68.4. The molecule has 0 fully saturated rings. The lowest BCUT2D eigenvalue weighted by atomic mass is 10.1. The van der Waals surface area contributed by atoms with Crippen LogP contribution < -0.4 is 14.4 Å². The fourth-order valence-electron chi connectivity index (χ4n) is 3.46. The summed E-state index contributed by atoms with van der Waals surface area (Å²) in [5.74, 6) is 0.0508. The molecule has 2 aliphatic heterocycles. The third-order valence-corrected chi connectivity index (χ3v) is 7.35. The first-order valence-electron chi connectivity index (χ1n) is 9.54. The summed E-state index contributed by atoms with van der Waals surface area (Å²) in [6.45, 7) is 0.392. The zero-order valence-corrected chi connectivity index (χ0v) is 18.1. The van der Waals surface area contributed by atoms with Crippen molar-refractivity contribution in [3.8, 4) is 5.75 Å². The van der Waals surface area contributed by atoms with Gasteiger partial charge in [-0.05, 0) is 47.9 Å². The van der Waals surface area contributed by atoms with Crippen LogP contribution in [0.3, 0.4) is 0 Å². The number of ether oxygens (including phenoxy) is 1. The number of rotatable bonds is 6. The largest absolute Gasteiger partial charge is 0.573 e. The van der Waals surface area contributed by atoms with Gasteiger partial charge in [-0.25, -0.2) is 8.42 Å². The van der Waals surface area contributed by atoms with Crippen LogP contribution in [0, 0.1) is 0 Å². The number of halogens is 3. The summed E-state index contributed by atoms with van der Waals surface area (Å²) in [6.07, 6.45) is -2.63. The van der Waals surface area contributed by atoms with E-state index in [0.29, 0.717) is 30.0 Å². The highest BCUT2D eigenvalue weighted by atomic mass is 32.2. The first-order chi connectivity index (χ1) is 15.1. The van der Waals surface area contributed by atoms with Gasteiger partial charge in [0.15, 0.2) is 5.50 Å². The minimum absolute atomic E-state index is 0.00967. The maximum atomic E-state index is 12.8. The Morgan fingerprint density at radius 3 is 2.62 bits per heavy atom. The monoisotopic (exact) mass is 485 g/mol. The molecule has 0 spiro atoms. The molecule has 0 saturated heterocycles. The Bertz CT molecular complexity index is 1150. The highest BCUT2D eigenvalue weighted by Crippen LogP contribution is 2.31. The van der Waals surface area contributed by atoms with Gasteiger partial charge in [0.25, 0.3) is 0 Å². The lowest BCUT2D eigenvalue weighted by Crippen LogP contribution is -2.31. The summed E-state index contributed by atoms with van der Waals surface area (Å²) in [7, 11) is -3.75. The number of sulfonamides is 1. The summed E-state index contributed by atoms with van der Waals surface area (Å²) in [4.78, 5) is 18.5. The maximum Gasteiger partial charge on any atom is 0.573 e. The van der Waals surface area contributed by atoms with Gasteiger partial charge in [-0.15, -0.1) is 24.9 Å². The van der Waals surface area contributed by atoms with E-state index in [2.05, 4.69) is 14.5 Å². The first kappa shape index (κ1) is 22.6. The number of anilines is 1. The molecule has 12 heteroatoms. The molecular weight excluding hydrogens is 467 g/mol. The number of benzene rings is 2. The van der Waals surface area contributed by atoms with Crippen molar-refractivity contribution in [3.05, 3.63) is 53.6 Å². The molecule has 7 nitrogen and oxygen atoms in total. The Morgan fingerprint density at radius 1 is 1.22 bits per heavy atom. The van der Waals surface area contributed by atoms with Crippen molar-refractivity contribution < 1.29 is 31.1 Å². The van der Waals surface area contributed by atoms with E-state index in [1.807, 2.05) is 0 Å². The fourth-order valence-corrected chi connectivity index (χ4v) is 5.65. The number of nitrogens with zero attached hydrogens (tertiary/aromatic N) is 2. The van der Waals surface area contributed by atoms with Gasteiger partial charge in [-0.3, -0.25) is 9.79 Å². The van der Waals surface area contributed by atoms with Crippen molar-refractivity contribution in [1.29, 1.82) is 0 Å². The molecule has 170 valence electrons. The van der Waals surface area contributed by atoms with Crippen molar-refractivity contribution in [2.45, 2.75) is 29.6 Å². The lowest BCUT2D eigenvalue weighted by molar-refractivity contribution is -0.274. The lowest BCUT2D eigenvalue weighted by Gasteiger charge is -2.18. The number of fused-ring (bicyclic) bond motifs is 1. The SMILES string of the molecule is O=C(Cc1ccc(OC(F)(F)F)cc1)N1CCc2cc(S(=O)(=O)NC3N=CCS3)ccc21. The smallest absolute Gasteiger partial charge is 0.406 e. The normalized spacial score (nSPS) is 18.1. The van der Waals surface area contributed by atoms with E-state index in [4.69, 9.17) is 0 Å². The van der Waals surface area contributed by atoms with Crippen molar-refractivity contribution in [2.75, 3.05) is 17.2 Å². The van der Waals surface area contributed by atoms with Crippen LogP contribution in [0.25, 0.3) is 0 Å². The van der Waals surface area contributed by atoms with Gasteiger partial charge < -0.3 is 9.64 Å². The van der Waals surface area contributed by atoms with E-state index in [1.54, 1.807) is 23.2 Å². The molecule has 2 aromatic carbocycles. The van der Waals surface area contributed by atoms with E-state index in [9.17, 15) is 26.4 Å². The molecule has 1 N–H and O–H groups in total. The molecule has 1 unspecified atom stereocenters. The second-order valence-corrected chi connectivity index (χ2v) is 9.92. The van der Waals surface area contributed by atoms with E-state index in [1.165, 1.54) is 30.0 Å². The van der Waals surface area contributed by atoms with Crippen LogP contribution >= 0.6 is 11.8 Å². The topological polar surface area (TPSA) is 88.1 Å². The second-order valence-electron chi connectivity index (χ2n) is 7.09. The third-order valence-electron chi connectivity index (χ3n) is 4.90. The Balaban J connectivity index is 1.44. The van der Waals surface area contributed by atoms with Gasteiger partial charge in [0.05, 0.1) is 11.3 Å². The van der Waals surface area contributed by atoms with Crippen LogP contribution in [-0.4, -0.2) is 44.7 Å². The number of nitrogens with one attached hydrogen (secondary N) is 1. The molecule has 0 aliphatic carbocycles. The molecule has 4 rings (SSSR count). The van der Waals surface area contributed by atoms with Crippen LogP contribution in [0.1, 0.15) is 11.1 Å². The quantitative estimate of drug-likeness (QED) is 0.680. The summed E-state index contributed by atoms with van der Waals surface area (Å²) >= 11 is 1.37. The van der Waals surface area contributed by atoms with E-state index in [0.717, 1.165) is 17.7 Å². The Kier molecular flexibility index (Phi) is 6.19. The molecule has 32 heavy (non-hydrogen) atoms. The van der Waals surface area contributed by atoms with Gasteiger partial charge in [0.1, 0.15) is 5.75 Å². The predicted molar refractivity (Wildman–Crippen MR) is 114 cm³/mol. The number of hydrogen-bond donors (Lipinski definition) is 1. The summed E-state index contributed by atoms with van der Waals surface area (Å²) in [5.41, 5.74) is 1.35. The first-order valence-corrected chi connectivity index (χ1v) is 12.1. The highest BCUT2D eigenvalue weighted by molar-refractivity contribution is 8.01. The standard InChI is InChI=1S/C20H18F3N3O4S2/c21-20(22,23)30-15-3-1-13(2-4-15)11-18(27)26-9-7-14-12-16(5-6-17(14)26)32(28,29)25-19-24-8-10-31-19/h1-6,8,12,19,25H,7,9-11H2. The van der Waals surface area contributed by atoms with E-state index >= 15 is 0 Å². The highest BCUT2D eigenvalue weighted by Gasteiger charge is 2.31. The van der Waals surface area contributed by atoms with Crippen LogP contribution in [0.4, 0.5) is 18.9 Å². The maximum absolute atomic E-state index is 12.8. The molecule has 0 aromatic heterocycles. The van der Waals surface area contributed by atoms with E-state index < -0.39 is 21.9 Å². The van der Waals surface area contributed by atoms with Crippen LogP contribution in [0.5, 0.6) is 5.75 Å². The number of aliphatic imine (C=N–C) groups is 1. The fraction of sp³-hybridized carbons (Fsp3) is 0.300. The number of carbonyl (C=O) groups is 1. The van der Waals surface area contributed by atoms with E-state index in [-0.39, 0.29) is 23.0 Å². The second kappa shape index (κ2) is 8.75. The van der Waals surface area contributed by atoms with Gasteiger partial charge in [0.2, 0.25) is 15.9 Å². The van der Waals surface area contributed by atoms with Gasteiger partial charge >= 0.3 is 6.36 Å². The molecule has 1 atom stereocenters. The molecule has 0 saturated carbocycles. The minimum Gasteiger partial charge on any atom is -0.406 e. The van der Waals surface area contributed by atoms with Crippen molar-refractivity contribution in [2.24, 2.45) is 4.99 Å². The molecule has 2 aromatic rings. The third kappa shape index (κ3) is 5.25. The van der Waals surface area contributed by atoms with Crippen LogP contribution in [0.2, 0.25) is 0 Å². The van der Waals surface area contributed by atoms with Crippen molar-refractivity contribution in [1.82, 2.24) is 4.72 Å². The molecule has 0 radical (unpaired) electrons. The average Bonchev–Trinajstić information content (AvgIpc) is 3.37. The van der Waals surface area contributed by atoms with Gasteiger partial charge in [0, 0.05) is 24.2 Å². The zero-order valence-electron chi connectivity index (χ0n) is 16.5. The average molecular weight is 486 g/mol.